The first kappa shape index (κ1) is 24.6. The van der Waals surface area contributed by atoms with Crippen molar-refractivity contribution in [2.24, 2.45) is 0 Å². The molecule has 10 aromatic rings. The Morgan fingerprint density at radius 2 is 1.16 bits per heavy atom. The number of nitrogens with zero attached hydrogens (tertiary/aromatic N) is 4. The van der Waals surface area contributed by atoms with Gasteiger partial charge >= 0.3 is 0 Å². The highest BCUT2D eigenvalue weighted by Gasteiger charge is 2.23. The highest BCUT2D eigenvalue weighted by atomic mass is 32.1. The zero-order valence-electron chi connectivity index (χ0n) is 23.8. The van der Waals surface area contributed by atoms with Crippen molar-refractivity contribution in [2.75, 3.05) is 0 Å². The van der Waals surface area contributed by atoms with Crippen LogP contribution in [0, 0.1) is 0 Å². The number of para-hydroxylation sites is 2. The summed E-state index contributed by atoms with van der Waals surface area (Å²) in [6.45, 7) is 0. The van der Waals surface area contributed by atoms with Crippen LogP contribution in [0.5, 0.6) is 0 Å². The monoisotopic (exact) mass is 594 g/mol. The first-order valence-corrected chi connectivity index (χ1v) is 15.7. The molecule has 5 nitrogen and oxygen atoms in total. The highest BCUT2D eigenvalue weighted by molar-refractivity contribution is 7.27. The van der Waals surface area contributed by atoms with Crippen molar-refractivity contribution in [2.45, 2.75) is 0 Å². The van der Waals surface area contributed by atoms with E-state index in [9.17, 15) is 4.79 Å². The fraction of sp³-hybridized carbons (Fsp3) is 0. The summed E-state index contributed by atoms with van der Waals surface area (Å²) >= 11 is 1.81. The van der Waals surface area contributed by atoms with Crippen LogP contribution in [0.3, 0.4) is 0 Å². The maximum atomic E-state index is 14.1. The van der Waals surface area contributed by atoms with Crippen molar-refractivity contribution < 1.29 is 0 Å². The molecule has 6 heteroatoms. The van der Waals surface area contributed by atoms with Crippen LogP contribution in [-0.4, -0.2) is 19.1 Å². The molecule has 0 spiro atoms. The van der Waals surface area contributed by atoms with Gasteiger partial charge in [0.05, 0.1) is 21.4 Å². The SMILES string of the molecule is O=c1c2ccccc2c2cnc(-n3c4ccccc4c4c5ccccc5c5c6ccccc6sc5c43)nc2n1-c1ccccc1. The zero-order valence-corrected chi connectivity index (χ0v) is 24.6. The number of fused-ring (bicyclic) bond motifs is 13. The smallest absolute Gasteiger partial charge is 0.264 e. The molecule has 210 valence electrons. The fourth-order valence-electron chi connectivity index (χ4n) is 7.10. The molecule has 0 unspecified atom stereocenters. The first-order chi connectivity index (χ1) is 22.3. The molecule has 0 radical (unpaired) electrons. The van der Waals surface area contributed by atoms with Crippen LogP contribution >= 0.6 is 11.3 Å². The van der Waals surface area contributed by atoms with E-state index >= 15 is 0 Å². The third-order valence-corrected chi connectivity index (χ3v) is 10.2. The van der Waals surface area contributed by atoms with Gasteiger partial charge in [0.2, 0.25) is 5.95 Å². The maximum absolute atomic E-state index is 14.1. The van der Waals surface area contributed by atoms with Crippen molar-refractivity contribution in [1.82, 2.24) is 19.1 Å². The summed E-state index contributed by atoms with van der Waals surface area (Å²) in [5.74, 6) is 0.530. The molecular weight excluding hydrogens is 573 g/mol. The minimum atomic E-state index is -0.103. The number of aromatic nitrogens is 4. The van der Waals surface area contributed by atoms with Crippen molar-refractivity contribution >= 4 is 85.9 Å². The van der Waals surface area contributed by atoms with Gasteiger partial charge < -0.3 is 0 Å². The molecule has 0 saturated carbocycles. The third-order valence-electron chi connectivity index (χ3n) is 8.98. The molecule has 4 aromatic heterocycles. The summed E-state index contributed by atoms with van der Waals surface area (Å²) in [4.78, 5) is 24.4. The van der Waals surface area contributed by atoms with Crippen molar-refractivity contribution in [3.63, 3.8) is 0 Å². The van der Waals surface area contributed by atoms with Crippen LogP contribution in [0.4, 0.5) is 0 Å². The fourth-order valence-corrected chi connectivity index (χ4v) is 8.36. The topological polar surface area (TPSA) is 52.7 Å². The van der Waals surface area contributed by atoms with Crippen LogP contribution in [0.15, 0.2) is 138 Å². The third kappa shape index (κ3) is 3.29. The Hall–Kier alpha value is -5.85. The second kappa shape index (κ2) is 9.08. The van der Waals surface area contributed by atoms with Gasteiger partial charge in [0, 0.05) is 43.2 Å². The molecule has 0 N–H and O–H groups in total. The lowest BCUT2D eigenvalue weighted by Gasteiger charge is -2.14. The summed E-state index contributed by atoms with van der Waals surface area (Å²) in [6.07, 6.45) is 1.88. The van der Waals surface area contributed by atoms with E-state index in [-0.39, 0.29) is 5.56 Å². The summed E-state index contributed by atoms with van der Waals surface area (Å²) in [6, 6.07) is 43.3. The van der Waals surface area contributed by atoms with Crippen LogP contribution in [-0.2, 0) is 0 Å². The van der Waals surface area contributed by atoms with Gasteiger partial charge in [0.25, 0.3) is 5.56 Å². The van der Waals surface area contributed by atoms with Gasteiger partial charge in [-0.3, -0.25) is 13.9 Å². The molecular formula is C39H22N4OS. The Morgan fingerprint density at radius 1 is 0.533 bits per heavy atom. The molecule has 10 rings (SSSR count). The van der Waals surface area contributed by atoms with E-state index in [0.717, 1.165) is 32.9 Å². The van der Waals surface area contributed by atoms with E-state index in [1.807, 2.05) is 60.8 Å². The zero-order chi connectivity index (χ0) is 29.6. The van der Waals surface area contributed by atoms with E-state index in [4.69, 9.17) is 9.97 Å². The van der Waals surface area contributed by atoms with E-state index < -0.39 is 0 Å². The van der Waals surface area contributed by atoms with Crippen LogP contribution < -0.4 is 5.56 Å². The number of rotatable bonds is 2. The summed E-state index contributed by atoms with van der Waals surface area (Å²) < 4.78 is 6.36. The molecule has 0 aliphatic carbocycles. The van der Waals surface area contributed by atoms with Gasteiger partial charge in [-0.05, 0) is 46.5 Å². The molecule has 0 atom stereocenters. The molecule has 0 bridgehead atoms. The van der Waals surface area contributed by atoms with Gasteiger partial charge in [0.1, 0.15) is 0 Å². The number of thiophene rings is 1. The summed E-state index contributed by atoms with van der Waals surface area (Å²) in [7, 11) is 0. The average molecular weight is 595 g/mol. The highest BCUT2D eigenvalue weighted by Crippen LogP contribution is 2.47. The summed E-state index contributed by atoms with van der Waals surface area (Å²) in [5, 5.41) is 9.57. The van der Waals surface area contributed by atoms with E-state index in [0.29, 0.717) is 17.0 Å². The number of benzene rings is 6. The van der Waals surface area contributed by atoms with Crippen LogP contribution in [0.2, 0.25) is 0 Å². The number of hydrogen-bond donors (Lipinski definition) is 0. The largest absolute Gasteiger partial charge is 0.276 e. The normalized spacial score (nSPS) is 12.1. The van der Waals surface area contributed by atoms with Crippen LogP contribution in [0.1, 0.15) is 0 Å². The Kier molecular flexibility index (Phi) is 4.96. The first-order valence-electron chi connectivity index (χ1n) is 14.9. The standard InChI is InChI=1S/C39H22N4OS/c44-38-27-17-7-4-14-24(27)30-22-40-39(41-37(30)42(38)23-12-2-1-3-13-23)43-31-20-10-8-18-28(31)33-25-15-5-6-16-26(25)34-29-19-9-11-21-32(29)45-36(34)35(33)43/h1-22H. The molecule has 6 aromatic carbocycles. The van der Waals surface area contributed by atoms with Gasteiger partial charge in [0.15, 0.2) is 5.65 Å². The van der Waals surface area contributed by atoms with Crippen molar-refractivity contribution in [3.05, 3.63) is 144 Å². The van der Waals surface area contributed by atoms with Crippen molar-refractivity contribution in [1.29, 1.82) is 0 Å². The Morgan fingerprint density at radius 3 is 1.96 bits per heavy atom. The second-order valence-corrected chi connectivity index (χ2v) is 12.4. The van der Waals surface area contributed by atoms with Crippen LogP contribution in [0.25, 0.3) is 86.2 Å². The quantitative estimate of drug-likeness (QED) is 0.187. The molecule has 0 fully saturated rings. The Balaban J connectivity index is 1.43. The van der Waals surface area contributed by atoms with E-state index in [1.165, 1.54) is 36.3 Å². The van der Waals surface area contributed by atoms with Gasteiger partial charge in [-0.2, -0.15) is 4.98 Å². The molecule has 0 amide bonds. The van der Waals surface area contributed by atoms with Gasteiger partial charge in [-0.15, -0.1) is 11.3 Å². The van der Waals surface area contributed by atoms with Gasteiger partial charge in [-0.1, -0.05) is 97.1 Å². The Bertz CT molecular complexity index is 2900. The van der Waals surface area contributed by atoms with Gasteiger partial charge in [-0.25, -0.2) is 4.98 Å². The molecule has 0 aliphatic rings. The average Bonchev–Trinajstić information content (AvgIpc) is 3.66. The lowest BCUT2D eigenvalue weighted by molar-refractivity contribution is 0.966. The minimum absolute atomic E-state index is 0.103. The lowest BCUT2D eigenvalue weighted by atomic mass is 9.99. The predicted molar refractivity (Wildman–Crippen MR) is 187 cm³/mol. The second-order valence-electron chi connectivity index (χ2n) is 11.4. The van der Waals surface area contributed by atoms with E-state index in [2.05, 4.69) is 77.4 Å². The number of pyridine rings is 1. The molecule has 4 heterocycles. The molecule has 0 aliphatic heterocycles. The maximum Gasteiger partial charge on any atom is 0.264 e. The molecule has 45 heavy (non-hydrogen) atoms. The molecule has 0 saturated heterocycles. The van der Waals surface area contributed by atoms with E-state index in [1.54, 1.807) is 15.9 Å². The number of hydrogen-bond acceptors (Lipinski definition) is 4. The minimum Gasteiger partial charge on any atom is -0.276 e. The Labute approximate surface area is 259 Å². The van der Waals surface area contributed by atoms with Crippen molar-refractivity contribution in [3.8, 4) is 11.6 Å². The lowest BCUT2D eigenvalue weighted by Crippen LogP contribution is -2.20. The predicted octanol–water partition coefficient (Wildman–Crippen LogP) is 9.55. The summed E-state index contributed by atoms with van der Waals surface area (Å²) in [5.41, 5.74) is 3.35.